The van der Waals surface area contributed by atoms with Crippen LogP contribution >= 0.6 is 11.6 Å². The van der Waals surface area contributed by atoms with E-state index in [1.807, 2.05) is 16.8 Å². The Hall–Kier alpha value is -1.17. The van der Waals surface area contributed by atoms with Gasteiger partial charge in [-0.3, -0.25) is 0 Å². The maximum atomic E-state index is 9.91. The third-order valence-electron chi connectivity index (χ3n) is 3.36. The molecule has 3 atom stereocenters. The van der Waals surface area contributed by atoms with Crippen LogP contribution in [-0.4, -0.2) is 37.0 Å². The number of fused-ring (bicyclic) bond motifs is 1. The molecule has 17 heavy (non-hydrogen) atoms. The molecule has 2 N–H and O–H groups in total. The van der Waals surface area contributed by atoms with Crippen LogP contribution in [0, 0.1) is 0 Å². The summed E-state index contributed by atoms with van der Waals surface area (Å²) in [5.74, 6) is 0. The number of rotatable bonds is 1. The van der Waals surface area contributed by atoms with Crippen molar-refractivity contribution in [2.45, 2.75) is 31.1 Å². The molecule has 0 aliphatic heterocycles. The number of aliphatic hydroxyl groups excluding tert-OH is 2. The first-order valence-corrected chi connectivity index (χ1v) is 5.89. The molecule has 90 valence electrons. The Labute approximate surface area is 103 Å². The van der Waals surface area contributed by atoms with Gasteiger partial charge in [-0.2, -0.15) is 0 Å². The van der Waals surface area contributed by atoms with Crippen molar-refractivity contribution in [1.82, 2.24) is 14.5 Å². The summed E-state index contributed by atoms with van der Waals surface area (Å²) in [6.07, 6.45) is 3.16. The minimum Gasteiger partial charge on any atom is -0.390 e. The molecule has 3 rings (SSSR count). The van der Waals surface area contributed by atoms with Gasteiger partial charge in [0.15, 0.2) is 0 Å². The quantitative estimate of drug-likeness (QED) is 0.748. The molecule has 0 aromatic carbocycles. The van der Waals surface area contributed by atoms with E-state index in [2.05, 4.69) is 9.97 Å². The molecule has 1 aliphatic rings. The van der Waals surface area contributed by atoms with Gasteiger partial charge in [-0.25, -0.2) is 9.97 Å². The monoisotopic (exact) mass is 253 g/mol. The fourth-order valence-electron chi connectivity index (χ4n) is 2.45. The van der Waals surface area contributed by atoms with Crippen molar-refractivity contribution in [2.24, 2.45) is 0 Å². The van der Waals surface area contributed by atoms with Gasteiger partial charge >= 0.3 is 0 Å². The van der Waals surface area contributed by atoms with E-state index in [0.717, 1.165) is 11.8 Å². The van der Waals surface area contributed by atoms with Crippen LogP contribution in [0.25, 0.3) is 11.0 Å². The lowest BCUT2D eigenvalue weighted by atomic mass is 10.2. The van der Waals surface area contributed by atoms with E-state index in [0.29, 0.717) is 17.2 Å². The molecule has 1 saturated carbocycles. The third kappa shape index (κ3) is 1.62. The van der Waals surface area contributed by atoms with Crippen LogP contribution < -0.4 is 0 Å². The van der Waals surface area contributed by atoms with E-state index in [4.69, 9.17) is 11.6 Å². The standard InChI is InChI=1S/C11H12ClN3O2/c12-10-6-3-4-15(11(6)14-5-13-10)7-1-2-8(16)9(7)17/h3-5,7-9,16-17H,1-2H2. The Morgan fingerprint density at radius 3 is 2.82 bits per heavy atom. The summed E-state index contributed by atoms with van der Waals surface area (Å²) in [4.78, 5) is 8.09. The summed E-state index contributed by atoms with van der Waals surface area (Å²) in [5, 5.41) is 20.7. The summed E-state index contributed by atoms with van der Waals surface area (Å²) in [6.45, 7) is 0. The fourth-order valence-corrected chi connectivity index (χ4v) is 2.64. The highest BCUT2D eigenvalue weighted by Crippen LogP contribution is 2.33. The number of aromatic nitrogens is 3. The van der Waals surface area contributed by atoms with Crippen molar-refractivity contribution in [3.63, 3.8) is 0 Å². The maximum absolute atomic E-state index is 9.91. The minimum absolute atomic E-state index is 0.145. The first-order valence-electron chi connectivity index (χ1n) is 5.51. The SMILES string of the molecule is OC1CCC(n2ccc3c(Cl)ncnc32)C1O. The predicted molar refractivity (Wildman–Crippen MR) is 62.8 cm³/mol. The molecule has 2 aromatic heterocycles. The average Bonchev–Trinajstić information content (AvgIpc) is 2.86. The molecule has 3 unspecified atom stereocenters. The first-order chi connectivity index (χ1) is 8.18. The van der Waals surface area contributed by atoms with E-state index in [9.17, 15) is 10.2 Å². The molecule has 0 bridgehead atoms. The van der Waals surface area contributed by atoms with Crippen LogP contribution in [0.3, 0.4) is 0 Å². The van der Waals surface area contributed by atoms with Crippen LogP contribution in [0.4, 0.5) is 0 Å². The van der Waals surface area contributed by atoms with Gasteiger partial charge in [0.2, 0.25) is 0 Å². The number of hydrogen-bond donors (Lipinski definition) is 2. The van der Waals surface area contributed by atoms with Crippen molar-refractivity contribution in [2.75, 3.05) is 0 Å². The van der Waals surface area contributed by atoms with E-state index in [1.165, 1.54) is 6.33 Å². The molecule has 1 aliphatic carbocycles. The fraction of sp³-hybridized carbons (Fsp3) is 0.455. The van der Waals surface area contributed by atoms with E-state index >= 15 is 0 Å². The molecule has 0 spiro atoms. The Morgan fingerprint density at radius 2 is 2.12 bits per heavy atom. The molecule has 0 radical (unpaired) electrons. The van der Waals surface area contributed by atoms with Gasteiger partial charge in [0.25, 0.3) is 0 Å². The molecular weight excluding hydrogens is 242 g/mol. The van der Waals surface area contributed by atoms with Gasteiger partial charge in [0.05, 0.1) is 17.5 Å². The summed E-state index contributed by atoms with van der Waals surface area (Å²) in [6, 6.07) is 1.68. The van der Waals surface area contributed by atoms with Gasteiger partial charge in [-0.15, -0.1) is 0 Å². The number of aliphatic hydroxyl groups is 2. The zero-order valence-corrected chi connectivity index (χ0v) is 9.75. The molecule has 2 aromatic rings. The molecule has 6 heteroatoms. The highest BCUT2D eigenvalue weighted by atomic mass is 35.5. The zero-order valence-electron chi connectivity index (χ0n) is 8.99. The second kappa shape index (κ2) is 3.94. The Morgan fingerprint density at radius 1 is 1.29 bits per heavy atom. The largest absolute Gasteiger partial charge is 0.390 e. The van der Waals surface area contributed by atoms with Crippen LogP contribution in [-0.2, 0) is 0 Å². The van der Waals surface area contributed by atoms with Crippen LogP contribution in [0.15, 0.2) is 18.6 Å². The van der Waals surface area contributed by atoms with Crippen molar-refractivity contribution in [3.05, 3.63) is 23.7 Å². The molecule has 0 amide bonds. The second-order valence-corrected chi connectivity index (χ2v) is 4.69. The summed E-state index contributed by atoms with van der Waals surface area (Å²) >= 11 is 5.97. The predicted octanol–water partition coefficient (Wildman–Crippen LogP) is 1.14. The Balaban J connectivity index is 2.10. The Bertz CT molecular complexity index is 557. The second-order valence-electron chi connectivity index (χ2n) is 4.33. The summed E-state index contributed by atoms with van der Waals surface area (Å²) < 4.78 is 1.86. The van der Waals surface area contributed by atoms with Crippen molar-refractivity contribution in [1.29, 1.82) is 0 Å². The number of halogens is 1. The van der Waals surface area contributed by atoms with Gasteiger partial charge in [-0.1, -0.05) is 11.6 Å². The summed E-state index contributed by atoms with van der Waals surface area (Å²) in [7, 11) is 0. The average molecular weight is 254 g/mol. The molecule has 2 heterocycles. The molecule has 5 nitrogen and oxygen atoms in total. The van der Waals surface area contributed by atoms with Crippen molar-refractivity contribution < 1.29 is 10.2 Å². The highest BCUT2D eigenvalue weighted by molar-refractivity contribution is 6.33. The van der Waals surface area contributed by atoms with Crippen molar-refractivity contribution >= 4 is 22.6 Å². The lowest BCUT2D eigenvalue weighted by Crippen LogP contribution is -2.26. The molecular formula is C11H12ClN3O2. The van der Waals surface area contributed by atoms with E-state index in [1.54, 1.807) is 0 Å². The Kier molecular flexibility index (Phi) is 2.54. The zero-order chi connectivity index (χ0) is 12.0. The van der Waals surface area contributed by atoms with Gasteiger partial charge in [0.1, 0.15) is 23.2 Å². The van der Waals surface area contributed by atoms with Gasteiger partial charge in [0, 0.05) is 6.20 Å². The van der Waals surface area contributed by atoms with Crippen LogP contribution in [0.2, 0.25) is 5.15 Å². The third-order valence-corrected chi connectivity index (χ3v) is 3.67. The number of hydrogen-bond acceptors (Lipinski definition) is 4. The molecule has 1 fully saturated rings. The van der Waals surface area contributed by atoms with Gasteiger partial charge in [-0.05, 0) is 18.9 Å². The topological polar surface area (TPSA) is 71.2 Å². The molecule has 0 saturated heterocycles. The lowest BCUT2D eigenvalue weighted by Gasteiger charge is -2.18. The first kappa shape index (κ1) is 11.0. The van der Waals surface area contributed by atoms with Gasteiger partial charge < -0.3 is 14.8 Å². The van der Waals surface area contributed by atoms with Crippen molar-refractivity contribution in [3.8, 4) is 0 Å². The normalized spacial score (nSPS) is 29.0. The van der Waals surface area contributed by atoms with Crippen LogP contribution in [0.5, 0.6) is 0 Å². The van der Waals surface area contributed by atoms with E-state index in [-0.39, 0.29) is 6.04 Å². The summed E-state index contributed by atoms with van der Waals surface area (Å²) in [5.41, 5.74) is 0.697. The maximum Gasteiger partial charge on any atom is 0.145 e. The lowest BCUT2D eigenvalue weighted by molar-refractivity contribution is 0.0242. The van der Waals surface area contributed by atoms with E-state index < -0.39 is 12.2 Å². The minimum atomic E-state index is -0.751. The smallest absolute Gasteiger partial charge is 0.145 e. The highest BCUT2D eigenvalue weighted by Gasteiger charge is 2.35. The number of nitrogens with zero attached hydrogens (tertiary/aromatic N) is 3. The van der Waals surface area contributed by atoms with Crippen LogP contribution in [0.1, 0.15) is 18.9 Å².